The smallest absolute Gasteiger partial charge is 0.455 e. The Kier molecular flexibility index (Phi) is 9.29. The Balaban J connectivity index is 1.25. The number of phenols is 1. The number of allylic oxidation sites excluding steroid dienone is 1. The third kappa shape index (κ3) is 6.55. The number of amides is 2. The average Bonchev–Trinajstić information content (AvgIpc) is 3.38. The second kappa shape index (κ2) is 14.1. The van der Waals surface area contributed by atoms with Gasteiger partial charge < -0.3 is 19.5 Å². The van der Waals surface area contributed by atoms with Crippen LogP contribution in [-0.2, 0) is 14.2 Å². The molecule has 3 heterocycles. The molecular weight excluding hydrogens is 637 g/mol. The zero-order valence-corrected chi connectivity index (χ0v) is 27.0. The van der Waals surface area contributed by atoms with Gasteiger partial charge in [0.15, 0.2) is 0 Å². The minimum absolute atomic E-state index is 0.102. The van der Waals surface area contributed by atoms with Crippen molar-refractivity contribution in [3.8, 4) is 11.5 Å². The van der Waals surface area contributed by atoms with Gasteiger partial charge in [0.1, 0.15) is 18.1 Å². The summed E-state index contributed by atoms with van der Waals surface area (Å²) in [6, 6.07) is 27.4. The highest BCUT2D eigenvalue weighted by Gasteiger charge is 2.57. The number of fused-ring (bicyclic) bond motifs is 3. The quantitative estimate of drug-likeness (QED) is 0.0670. The second-order valence-corrected chi connectivity index (χ2v) is 12.7. The number of aromatic nitrogens is 1. The lowest BCUT2D eigenvalue weighted by molar-refractivity contribution is -0.384. The Hall–Kier alpha value is -5.59. The number of hydrogen-bond donors (Lipinski definition) is 2. The van der Waals surface area contributed by atoms with Gasteiger partial charge in [0.2, 0.25) is 11.8 Å². The molecule has 2 aliphatic heterocycles. The third-order valence-corrected chi connectivity index (χ3v) is 9.70. The molecule has 4 aromatic rings. The van der Waals surface area contributed by atoms with E-state index < -0.39 is 47.7 Å². The van der Waals surface area contributed by atoms with Gasteiger partial charge in [-0.1, -0.05) is 48.5 Å². The summed E-state index contributed by atoms with van der Waals surface area (Å²) in [4.78, 5) is 44.8. The van der Waals surface area contributed by atoms with E-state index in [1.165, 1.54) is 24.3 Å². The van der Waals surface area contributed by atoms with E-state index in [0.29, 0.717) is 24.2 Å². The topological polar surface area (TPSA) is 152 Å². The third-order valence-electron chi connectivity index (χ3n) is 9.70. The summed E-state index contributed by atoms with van der Waals surface area (Å²) in [6.07, 6.45) is 4.15. The van der Waals surface area contributed by atoms with Crippen LogP contribution in [0.25, 0.3) is 11.6 Å². The molecule has 0 radical (unpaired) electrons. The number of rotatable bonds is 10. The minimum atomic E-state index is -1.20. The number of carbonyl (C=O) groups is 2. The highest BCUT2D eigenvalue weighted by Crippen LogP contribution is 2.51. The highest BCUT2D eigenvalue weighted by molar-refractivity contribution is 6.43. The lowest BCUT2D eigenvalue weighted by Crippen LogP contribution is -2.46. The second-order valence-electron chi connectivity index (χ2n) is 12.7. The standard InChI is InChI=1S/C38H34BN3O8/c43-33-15-5-4-9-25(33)19-24(32-14-6-7-18-40-32)16-17-34-35-26(23-49-29-12-2-1-3-13-29)20-30-36(31(35)22-39(46)50-34)38(45)41(37(30)44)27-10-8-11-28(21-27)42(47)48/h1-15,18-19,21,30-31,34,36,43,46H,16-17,20,22-23H2/b24-19-/t30-,31+,34-,36-/m1/s1. The molecule has 12 heteroatoms. The summed E-state index contributed by atoms with van der Waals surface area (Å²) in [6.45, 7) is 0.147. The van der Waals surface area contributed by atoms with Gasteiger partial charge in [-0.2, -0.15) is 0 Å². The molecule has 7 rings (SSSR count). The number of imide groups is 1. The molecule has 3 aromatic carbocycles. The lowest BCUT2D eigenvalue weighted by Gasteiger charge is -2.43. The molecule has 2 saturated heterocycles. The van der Waals surface area contributed by atoms with Gasteiger partial charge in [0, 0.05) is 23.9 Å². The van der Waals surface area contributed by atoms with Gasteiger partial charge >= 0.3 is 7.12 Å². The molecule has 0 unspecified atom stereocenters. The van der Waals surface area contributed by atoms with Crippen LogP contribution < -0.4 is 9.64 Å². The van der Waals surface area contributed by atoms with Crippen LogP contribution in [0.3, 0.4) is 0 Å². The fraction of sp³-hybridized carbons (Fsp3) is 0.237. The molecule has 252 valence electrons. The average molecular weight is 672 g/mol. The summed E-state index contributed by atoms with van der Waals surface area (Å²) in [5.74, 6) is -2.17. The van der Waals surface area contributed by atoms with Crippen LogP contribution in [0.1, 0.15) is 30.5 Å². The van der Waals surface area contributed by atoms with Gasteiger partial charge in [0.25, 0.3) is 5.69 Å². The number of hydrogen-bond acceptors (Lipinski definition) is 9. The molecule has 1 aliphatic carbocycles. The number of anilines is 1. The van der Waals surface area contributed by atoms with Crippen molar-refractivity contribution in [2.24, 2.45) is 17.8 Å². The fourth-order valence-corrected chi connectivity index (χ4v) is 7.49. The highest BCUT2D eigenvalue weighted by atomic mass is 16.6. The Morgan fingerprint density at radius 3 is 2.54 bits per heavy atom. The SMILES string of the molecule is O=C1[C@@H]2[C@@H](CC(COc3ccccc3)=C3[C@@H](CC/C(=C/c4ccccc4O)c4ccccn4)OB(O)C[C@@H]32)C(=O)N1c1cccc([N+](=O)[O-])c1. The number of nitro groups is 1. The van der Waals surface area contributed by atoms with Gasteiger partial charge in [-0.15, -0.1) is 0 Å². The minimum Gasteiger partial charge on any atom is -0.507 e. The van der Waals surface area contributed by atoms with E-state index in [4.69, 9.17) is 9.39 Å². The van der Waals surface area contributed by atoms with Crippen molar-refractivity contribution in [3.05, 3.63) is 136 Å². The van der Waals surface area contributed by atoms with E-state index in [9.17, 15) is 29.8 Å². The number of carbonyl (C=O) groups excluding carboxylic acids is 2. The first-order chi connectivity index (χ1) is 24.3. The number of non-ortho nitro benzene ring substituents is 1. The summed E-state index contributed by atoms with van der Waals surface area (Å²) >= 11 is 0. The number of para-hydroxylation sites is 2. The van der Waals surface area contributed by atoms with E-state index in [2.05, 4.69) is 4.98 Å². The van der Waals surface area contributed by atoms with Crippen molar-refractivity contribution in [2.45, 2.75) is 31.7 Å². The Morgan fingerprint density at radius 2 is 1.78 bits per heavy atom. The first kappa shape index (κ1) is 32.9. The van der Waals surface area contributed by atoms with Crippen LogP contribution in [0.5, 0.6) is 11.5 Å². The molecule has 3 aliphatic rings. The van der Waals surface area contributed by atoms with E-state index in [-0.39, 0.29) is 36.5 Å². The van der Waals surface area contributed by atoms with E-state index in [1.54, 1.807) is 18.3 Å². The van der Waals surface area contributed by atoms with Crippen molar-refractivity contribution >= 4 is 42.0 Å². The largest absolute Gasteiger partial charge is 0.507 e. The maximum absolute atomic E-state index is 14.2. The number of pyridine rings is 1. The predicted octanol–water partition coefficient (Wildman–Crippen LogP) is 6.10. The molecular formula is C38H34BN3O8. The van der Waals surface area contributed by atoms with Gasteiger partial charge in [-0.05, 0) is 90.7 Å². The maximum atomic E-state index is 14.2. The Morgan fingerprint density at radius 1 is 1.00 bits per heavy atom. The molecule has 11 nitrogen and oxygen atoms in total. The number of nitrogens with zero attached hydrogens (tertiary/aromatic N) is 3. The van der Waals surface area contributed by atoms with Crippen molar-refractivity contribution in [2.75, 3.05) is 11.5 Å². The van der Waals surface area contributed by atoms with E-state index in [1.807, 2.05) is 66.7 Å². The normalized spacial score (nSPS) is 22.0. The summed E-state index contributed by atoms with van der Waals surface area (Å²) in [5, 5.41) is 33.2. The molecule has 1 aromatic heterocycles. The lowest BCUT2D eigenvalue weighted by atomic mass is 9.58. The number of benzene rings is 3. The monoisotopic (exact) mass is 671 g/mol. The van der Waals surface area contributed by atoms with Crippen LogP contribution in [0.15, 0.2) is 114 Å². The van der Waals surface area contributed by atoms with Crippen LogP contribution in [0, 0.1) is 27.9 Å². The predicted molar refractivity (Wildman–Crippen MR) is 187 cm³/mol. The molecule has 50 heavy (non-hydrogen) atoms. The van der Waals surface area contributed by atoms with Gasteiger partial charge in [-0.3, -0.25) is 24.7 Å². The molecule has 0 spiro atoms. The summed E-state index contributed by atoms with van der Waals surface area (Å²) in [7, 11) is -1.20. The van der Waals surface area contributed by atoms with Crippen LogP contribution in [0.4, 0.5) is 11.4 Å². The van der Waals surface area contributed by atoms with Crippen LogP contribution >= 0.6 is 0 Å². The zero-order valence-electron chi connectivity index (χ0n) is 27.0. The molecule has 4 atom stereocenters. The number of aromatic hydroxyl groups is 1. The fourth-order valence-electron chi connectivity index (χ4n) is 7.49. The first-order valence-corrected chi connectivity index (χ1v) is 16.5. The zero-order chi connectivity index (χ0) is 34.8. The Labute approximate surface area is 288 Å². The van der Waals surface area contributed by atoms with Crippen molar-refractivity contribution in [3.63, 3.8) is 0 Å². The number of phenolic OH excluding ortho intramolecular Hbond substituents is 1. The molecule has 0 saturated carbocycles. The van der Waals surface area contributed by atoms with Crippen LogP contribution in [-0.4, -0.2) is 51.7 Å². The van der Waals surface area contributed by atoms with E-state index in [0.717, 1.165) is 27.3 Å². The maximum Gasteiger partial charge on any atom is 0.455 e. The number of nitro benzene ring substituents is 1. The molecule has 2 amide bonds. The number of ether oxygens (including phenoxy) is 1. The Bertz CT molecular complexity index is 1990. The van der Waals surface area contributed by atoms with Crippen molar-refractivity contribution in [1.29, 1.82) is 0 Å². The van der Waals surface area contributed by atoms with Crippen molar-refractivity contribution < 1.29 is 34.0 Å². The van der Waals surface area contributed by atoms with Gasteiger partial charge in [-0.25, -0.2) is 4.90 Å². The van der Waals surface area contributed by atoms with E-state index >= 15 is 0 Å². The molecule has 2 N–H and O–H groups in total. The first-order valence-electron chi connectivity index (χ1n) is 16.5. The van der Waals surface area contributed by atoms with Crippen molar-refractivity contribution in [1.82, 2.24) is 4.98 Å². The van der Waals surface area contributed by atoms with Crippen LogP contribution in [0.2, 0.25) is 6.32 Å². The summed E-state index contributed by atoms with van der Waals surface area (Å²) < 4.78 is 12.4. The molecule has 0 bridgehead atoms. The van der Waals surface area contributed by atoms with Gasteiger partial charge in [0.05, 0.1) is 34.2 Å². The molecule has 2 fully saturated rings. The summed E-state index contributed by atoms with van der Waals surface area (Å²) in [5.41, 5.74) is 3.76.